The molecule has 0 fully saturated rings. The van der Waals surface area contributed by atoms with Crippen molar-refractivity contribution in [1.82, 2.24) is 0 Å². The Bertz CT molecular complexity index is 1320. The predicted molar refractivity (Wildman–Crippen MR) is 127 cm³/mol. The van der Waals surface area contributed by atoms with Crippen LogP contribution in [0.15, 0.2) is 65.6 Å². The summed E-state index contributed by atoms with van der Waals surface area (Å²) in [5, 5.41) is 0.626. The number of hydrogen-bond donors (Lipinski definition) is 0. The SMILES string of the molecule is C=CC(=O)OCCC(F)(F)C(F)(F)C(F)(F)C(F)(F)CCOc1ccc2cc(-c3ccccc3CC)oc2c1. The molecule has 0 radical (unpaired) electrons. The minimum absolute atomic E-state index is 0.0904. The third-order valence-electron chi connectivity index (χ3n) is 5.98. The molecular formula is C27H24F8O4. The van der Waals surface area contributed by atoms with E-state index in [0.717, 1.165) is 17.5 Å². The second kappa shape index (κ2) is 11.3. The first-order chi connectivity index (χ1) is 18.2. The Hall–Kier alpha value is -3.57. The summed E-state index contributed by atoms with van der Waals surface area (Å²) in [5.41, 5.74) is 2.13. The zero-order valence-electron chi connectivity index (χ0n) is 20.6. The highest BCUT2D eigenvalue weighted by atomic mass is 19.4. The van der Waals surface area contributed by atoms with Gasteiger partial charge in [0.15, 0.2) is 0 Å². The van der Waals surface area contributed by atoms with Crippen molar-refractivity contribution in [2.24, 2.45) is 0 Å². The molecule has 0 aliphatic heterocycles. The Morgan fingerprint density at radius 2 is 1.51 bits per heavy atom. The summed E-state index contributed by atoms with van der Waals surface area (Å²) in [4.78, 5) is 10.8. The number of alkyl halides is 8. The second-order valence-electron chi connectivity index (χ2n) is 8.60. The highest BCUT2D eigenvalue weighted by Gasteiger charge is 2.79. The van der Waals surface area contributed by atoms with Gasteiger partial charge in [0.05, 0.1) is 26.1 Å². The molecule has 2 aromatic carbocycles. The van der Waals surface area contributed by atoms with Crippen LogP contribution in [0.4, 0.5) is 35.1 Å². The van der Waals surface area contributed by atoms with Crippen molar-refractivity contribution in [3.63, 3.8) is 0 Å². The quantitative estimate of drug-likeness (QED) is 0.120. The van der Waals surface area contributed by atoms with Gasteiger partial charge in [-0.25, -0.2) is 4.79 Å². The van der Waals surface area contributed by atoms with Crippen molar-refractivity contribution in [1.29, 1.82) is 0 Å². The molecule has 0 saturated heterocycles. The smallest absolute Gasteiger partial charge is 0.378 e. The van der Waals surface area contributed by atoms with Crippen LogP contribution in [0.3, 0.4) is 0 Å². The monoisotopic (exact) mass is 564 g/mol. The first-order valence-electron chi connectivity index (χ1n) is 11.7. The van der Waals surface area contributed by atoms with Gasteiger partial charge in [0.1, 0.15) is 17.1 Å². The molecule has 212 valence electrons. The van der Waals surface area contributed by atoms with Gasteiger partial charge in [-0.1, -0.05) is 37.8 Å². The maximum atomic E-state index is 14.2. The number of carbonyl (C=O) groups excluding carboxylic acids is 1. The molecule has 4 nitrogen and oxygen atoms in total. The minimum atomic E-state index is -6.47. The maximum absolute atomic E-state index is 14.2. The third kappa shape index (κ3) is 6.04. The van der Waals surface area contributed by atoms with E-state index in [1.165, 1.54) is 18.2 Å². The van der Waals surface area contributed by atoms with Gasteiger partial charge in [0, 0.05) is 23.1 Å². The molecule has 0 aliphatic rings. The highest BCUT2D eigenvalue weighted by molar-refractivity contribution is 5.84. The number of fused-ring (bicyclic) bond motifs is 1. The number of hydrogen-bond acceptors (Lipinski definition) is 4. The molecular weight excluding hydrogens is 540 g/mol. The van der Waals surface area contributed by atoms with Gasteiger partial charge in [-0.15, -0.1) is 0 Å². The fraction of sp³-hybridized carbons (Fsp3) is 0.370. The number of carbonyl (C=O) groups is 1. The number of aryl methyl sites for hydroxylation is 1. The molecule has 0 aliphatic carbocycles. The average molecular weight is 564 g/mol. The zero-order chi connectivity index (χ0) is 29.1. The van der Waals surface area contributed by atoms with Crippen molar-refractivity contribution in [2.75, 3.05) is 13.2 Å². The molecule has 3 aromatic rings. The van der Waals surface area contributed by atoms with E-state index in [2.05, 4.69) is 11.3 Å². The van der Waals surface area contributed by atoms with Crippen molar-refractivity contribution >= 4 is 16.9 Å². The fourth-order valence-electron chi connectivity index (χ4n) is 3.71. The summed E-state index contributed by atoms with van der Waals surface area (Å²) in [5.74, 6) is -25.0. The van der Waals surface area contributed by atoms with E-state index in [1.807, 2.05) is 31.2 Å². The molecule has 12 heteroatoms. The van der Waals surface area contributed by atoms with E-state index in [1.54, 1.807) is 6.07 Å². The molecule has 0 atom stereocenters. The average Bonchev–Trinajstić information content (AvgIpc) is 3.31. The van der Waals surface area contributed by atoms with Gasteiger partial charge in [-0.2, -0.15) is 35.1 Å². The van der Waals surface area contributed by atoms with Gasteiger partial charge in [-0.3, -0.25) is 0 Å². The molecule has 39 heavy (non-hydrogen) atoms. The first kappa shape index (κ1) is 30.0. The zero-order valence-corrected chi connectivity index (χ0v) is 20.6. The number of ether oxygens (including phenoxy) is 2. The number of rotatable bonds is 13. The maximum Gasteiger partial charge on any atom is 0.378 e. The standard InChI is InChI=1S/C27H24F8O4/c1-3-17-7-5-6-8-20(17)22-15-18-9-10-19(16-21(18)39-22)37-13-11-24(28,29)26(32,33)27(34,35)25(30,31)12-14-38-23(36)4-2/h4-10,15-16H,2-3,11-14H2,1H3. The minimum Gasteiger partial charge on any atom is -0.493 e. The topological polar surface area (TPSA) is 48.7 Å². The van der Waals surface area contributed by atoms with Crippen molar-refractivity contribution in [2.45, 2.75) is 49.9 Å². The predicted octanol–water partition coefficient (Wildman–Crippen LogP) is 8.09. The third-order valence-corrected chi connectivity index (χ3v) is 5.98. The molecule has 1 heterocycles. The van der Waals surface area contributed by atoms with Gasteiger partial charge in [0.25, 0.3) is 0 Å². The second-order valence-corrected chi connectivity index (χ2v) is 8.60. The summed E-state index contributed by atoms with van der Waals surface area (Å²) < 4.78 is 127. The van der Waals surface area contributed by atoms with Crippen LogP contribution >= 0.6 is 0 Å². The molecule has 0 amide bonds. The van der Waals surface area contributed by atoms with Crippen molar-refractivity contribution in [3.8, 4) is 17.1 Å². The summed E-state index contributed by atoms with van der Waals surface area (Å²) in [6, 6.07) is 13.4. The fourth-order valence-corrected chi connectivity index (χ4v) is 3.71. The summed E-state index contributed by atoms with van der Waals surface area (Å²) in [7, 11) is 0. The molecule has 1 aromatic heterocycles. The lowest BCUT2D eigenvalue weighted by molar-refractivity contribution is -0.368. The van der Waals surface area contributed by atoms with Crippen LogP contribution < -0.4 is 4.74 Å². The Kier molecular flexibility index (Phi) is 8.66. The van der Waals surface area contributed by atoms with E-state index < -0.39 is 55.7 Å². The first-order valence-corrected chi connectivity index (χ1v) is 11.7. The van der Waals surface area contributed by atoms with Crippen LogP contribution in [0, 0.1) is 0 Å². The van der Waals surface area contributed by atoms with E-state index in [4.69, 9.17) is 9.15 Å². The summed E-state index contributed by atoms with van der Waals surface area (Å²) in [6.45, 7) is 2.28. The number of benzene rings is 2. The lowest BCUT2D eigenvalue weighted by Gasteiger charge is -2.36. The van der Waals surface area contributed by atoms with Crippen molar-refractivity contribution in [3.05, 3.63) is 66.7 Å². The van der Waals surface area contributed by atoms with Crippen LogP contribution in [0.1, 0.15) is 25.3 Å². The molecule has 0 saturated carbocycles. The van der Waals surface area contributed by atoms with Crippen LogP contribution in [0.2, 0.25) is 0 Å². The number of halogens is 8. The van der Waals surface area contributed by atoms with Gasteiger partial charge >= 0.3 is 29.7 Å². The Morgan fingerprint density at radius 3 is 2.13 bits per heavy atom. The number of furan rings is 1. The van der Waals surface area contributed by atoms with Gasteiger partial charge < -0.3 is 13.9 Å². The van der Waals surface area contributed by atoms with E-state index in [0.29, 0.717) is 17.2 Å². The lowest BCUT2D eigenvalue weighted by Crippen LogP contribution is -2.62. The Labute approximate surface area is 218 Å². The van der Waals surface area contributed by atoms with Gasteiger partial charge in [0.2, 0.25) is 0 Å². The van der Waals surface area contributed by atoms with Gasteiger partial charge in [-0.05, 0) is 30.2 Å². The van der Waals surface area contributed by atoms with E-state index in [9.17, 15) is 39.9 Å². The number of esters is 1. The van der Waals surface area contributed by atoms with Crippen LogP contribution in [0.5, 0.6) is 5.75 Å². The Balaban J connectivity index is 1.69. The normalized spacial score (nSPS) is 12.9. The molecule has 0 bridgehead atoms. The van der Waals surface area contributed by atoms with Crippen LogP contribution in [0.25, 0.3) is 22.3 Å². The van der Waals surface area contributed by atoms with E-state index in [-0.39, 0.29) is 11.3 Å². The molecule has 3 rings (SSSR count). The highest BCUT2D eigenvalue weighted by Crippen LogP contribution is 2.54. The summed E-state index contributed by atoms with van der Waals surface area (Å²) >= 11 is 0. The Morgan fingerprint density at radius 1 is 0.897 bits per heavy atom. The van der Waals surface area contributed by atoms with Crippen molar-refractivity contribution < 1.29 is 53.8 Å². The molecule has 0 N–H and O–H groups in total. The van der Waals surface area contributed by atoms with Crippen LogP contribution in [-0.4, -0.2) is 42.9 Å². The molecule has 0 unspecified atom stereocenters. The summed E-state index contributed by atoms with van der Waals surface area (Å²) in [6.07, 6.45) is -2.86. The van der Waals surface area contributed by atoms with E-state index >= 15 is 0 Å². The molecule has 0 spiro atoms. The largest absolute Gasteiger partial charge is 0.493 e. The lowest BCUT2D eigenvalue weighted by atomic mass is 9.95. The van der Waals surface area contributed by atoms with Crippen LogP contribution in [-0.2, 0) is 16.0 Å².